The number of benzene rings is 1. The Morgan fingerprint density at radius 1 is 1.43 bits per heavy atom. The number of hydrogen-bond donors (Lipinski definition) is 1. The first-order chi connectivity index (χ1) is 6.72. The summed E-state index contributed by atoms with van der Waals surface area (Å²) in [6.45, 7) is 4.75. The molecule has 1 atom stereocenters. The van der Waals surface area contributed by atoms with E-state index < -0.39 is 0 Å². The highest BCUT2D eigenvalue weighted by Crippen LogP contribution is 2.14. The third kappa shape index (κ3) is 3.79. The van der Waals surface area contributed by atoms with Gasteiger partial charge in [-0.1, -0.05) is 12.1 Å². The second kappa shape index (κ2) is 5.66. The number of aryl methyl sites for hydroxylation is 1. The average molecular weight is 193 g/mol. The summed E-state index contributed by atoms with van der Waals surface area (Å²) >= 11 is 0. The van der Waals surface area contributed by atoms with Crippen LogP contribution in [0.1, 0.15) is 25.8 Å². The quantitative estimate of drug-likeness (QED) is 0.779. The molecule has 1 aromatic carbocycles. The highest BCUT2D eigenvalue weighted by atomic mass is 16.5. The van der Waals surface area contributed by atoms with Gasteiger partial charge in [-0.25, -0.2) is 0 Å². The van der Waals surface area contributed by atoms with E-state index in [-0.39, 0.29) is 6.04 Å². The number of hydrogen-bond acceptors (Lipinski definition) is 2. The van der Waals surface area contributed by atoms with Crippen LogP contribution >= 0.6 is 0 Å². The van der Waals surface area contributed by atoms with Gasteiger partial charge in [-0.05, 0) is 44.4 Å². The lowest BCUT2D eigenvalue weighted by Gasteiger charge is -2.07. The molecular formula is C12H19NO. The normalized spacial score (nSPS) is 12.5. The van der Waals surface area contributed by atoms with Crippen molar-refractivity contribution in [1.29, 1.82) is 0 Å². The lowest BCUT2D eigenvalue weighted by atomic mass is 10.1. The zero-order chi connectivity index (χ0) is 10.4. The molecule has 0 aromatic heterocycles. The van der Waals surface area contributed by atoms with Crippen molar-refractivity contribution >= 4 is 0 Å². The molecule has 0 spiro atoms. The lowest BCUT2D eigenvalue weighted by molar-refractivity contribution is 0.340. The van der Waals surface area contributed by atoms with Crippen molar-refractivity contribution < 1.29 is 4.74 Å². The Kier molecular flexibility index (Phi) is 4.47. The molecule has 2 N–H and O–H groups in total. The number of nitrogens with two attached hydrogens (primary N) is 1. The van der Waals surface area contributed by atoms with Gasteiger partial charge in [0, 0.05) is 6.04 Å². The van der Waals surface area contributed by atoms with Crippen LogP contribution in [0.2, 0.25) is 0 Å². The molecule has 1 aromatic rings. The SMILES string of the molecule is CCOc1cccc(CC[C@@H](C)N)c1. The van der Waals surface area contributed by atoms with E-state index in [2.05, 4.69) is 12.1 Å². The highest BCUT2D eigenvalue weighted by molar-refractivity contribution is 5.28. The summed E-state index contributed by atoms with van der Waals surface area (Å²) in [6.07, 6.45) is 2.05. The van der Waals surface area contributed by atoms with Gasteiger partial charge in [-0.2, -0.15) is 0 Å². The van der Waals surface area contributed by atoms with E-state index in [9.17, 15) is 0 Å². The Morgan fingerprint density at radius 3 is 2.86 bits per heavy atom. The lowest BCUT2D eigenvalue weighted by Crippen LogP contribution is -2.15. The summed E-state index contributed by atoms with van der Waals surface area (Å²) in [5, 5.41) is 0. The topological polar surface area (TPSA) is 35.2 Å². The molecule has 0 amide bonds. The number of ether oxygens (including phenoxy) is 1. The van der Waals surface area contributed by atoms with Crippen LogP contribution in [0.15, 0.2) is 24.3 Å². The third-order valence-electron chi connectivity index (χ3n) is 2.10. The van der Waals surface area contributed by atoms with Gasteiger partial charge in [0.25, 0.3) is 0 Å². The summed E-state index contributed by atoms with van der Waals surface area (Å²) in [5.41, 5.74) is 7.01. The standard InChI is InChI=1S/C12H19NO/c1-3-14-12-6-4-5-11(9-12)8-7-10(2)13/h4-6,9-10H,3,7-8,13H2,1-2H3/t10-/m1/s1. The predicted octanol–water partition coefficient (Wildman–Crippen LogP) is 2.37. The maximum atomic E-state index is 5.71. The Morgan fingerprint density at radius 2 is 2.21 bits per heavy atom. The van der Waals surface area contributed by atoms with Crippen molar-refractivity contribution in [3.8, 4) is 5.75 Å². The van der Waals surface area contributed by atoms with E-state index in [0.29, 0.717) is 0 Å². The largest absolute Gasteiger partial charge is 0.494 e. The fourth-order valence-electron chi connectivity index (χ4n) is 1.35. The summed E-state index contributed by atoms with van der Waals surface area (Å²) < 4.78 is 5.42. The molecule has 0 saturated carbocycles. The van der Waals surface area contributed by atoms with Gasteiger partial charge in [-0.15, -0.1) is 0 Å². The van der Waals surface area contributed by atoms with Gasteiger partial charge in [0.05, 0.1) is 6.61 Å². The van der Waals surface area contributed by atoms with Crippen molar-refractivity contribution in [2.75, 3.05) is 6.61 Å². The first-order valence-corrected chi connectivity index (χ1v) is 5.19. The zero-order valence-corrected chi connectivity index (χ0v) is 8.99. The Labute approximate surface area is 86.1 Å². The van der Waals surface area contributed by atoms with Crippen molar-refractivity contribution in [1.82, 2.24) is 0 Å². The summed E-state index contributed by atoms with van der Waals surface area (Å²) in [5.74, 6) is 0.953. The Bertz CT molecular complexity index is 271. The Hall–Kier alpha value is -1.02. The molecule has 0 heterocycles. The fourth-order valence-corrected chi connectivity index (χ4v) is 1.35. The van der Waals surface area contributed by atoms with E-state index in [1.54, 1.807) is 0 Å². The molecule has 0 saturated heterocycles. The van der Waals surface area contributed by atoms with Gasteiger partial charge >= 0.3 is 0 Å². The van der Waals surface area contributed by atoms with E-state index in [1.807, 2.05) is 26.0 Å². The highest BCUT2D eigenvalue weighted by Gasteiger charge is 1.98. The summed E-state index contributed by atoms with van der Waals surface area (Å²) in [7, 11) is 0. The Balaban J connectivity index is 2.54. The second-order valence-electron chi connectivity index (χ2n) is 3.60. The number of rotatable bonds is 5. The molecule has 2 heteroatoms. The minimum atomic E-state index is 0.269. The van der Waals surface area contributed by atoms with Crippen molar-refractivity contribution in [2.24, 2.45) is 5.73 Å². The maximum Gasteiger partial charge on any atom is 0.119 e. The summed E-state index contributed by atoms with van der Waals surface area (Å²) in [4.78, 5) is 0. The van der Waals surface area contributed by atoms with Crippen molar-refractivity contribution in [3.63, 3.8) is 0 Å². The van der Waals surface area contributed by atoms with Crippen LogP contribution in [0, 0.1) is 0 Å². The average Bonchev–Trinajstić information content (AvgIpc) is 2.16. The van der Waals surface area contributed by atoms with Crippen LogP contribution in [0.4, 0.5) is 0 Å². The van der Waals surface area contributed by atoms with Gasteiger partial charge < -0.3 is 10.5 Å². The van der Waals surface area contributed by atoms with Crippen LogP contribution < -0.4 is 10.5 Å². The third-order valence-corrected chi connectivity index (χ3v) is 2.10. The minimum Gasteiger partial charge on any atom is -0.494 e. The van der Waals surface area contributed by atoms with Crippen LogP contribution in [0.5, 0.6) is 5.75 Å². The van der Waals surface area contributed by atoms with Crippen molar-refractivity contribution in [2.45, 2.75) is 32.7 Å². The van der Waals surface area contributed by atoms with Gasteiger partial charge in [0.2, 0.25) is 0 Å². The molecule has 0 unspecified atom stereocenters. The van der Waals surface area contributed by atoms with Gasteiger partial charge in [0.1, 0.15) is 5.75 Å². The van der Waals surface area contributed by atoms with Crippen LogP contribution in [0.25, 0.3) is 0 Å². The molecule has 0 bridgehead atoms. The molecule has 0 aliphatic rings. The maximum absolute atomic E-state index is 5.71. The first kappa shape index (κ1) is 11.1. The van der Waals surface area contributed by atoms with E-state index in [4.69, 9.17) is 10.5 Å². The van der Waals surface area contributed by atoms with Crippen molar-refractivity contribution in [3.05, 3.63) is 29.8 Å². The summed E-state index contributed by atoms with van der Waals surface area (Å²) in [6, 6.07) is 8.49. The molecule has 78 valence electrons. The van der Waals surface area contributed by atoms with E-state index in [0.717, 1.165) is 25.2 Å². The zero-order valence-electron chi connectivity index (χ0n) is 8.99. The first-order valence-electron chi connectivity index (χ1n) is 5.19. The van der Waals surface area contributed by atoms with E-state index in [1.165, 1.54) is 5.56 Å². The van der Waals surface area contributed by atoms with Gasteiger partial charge in [0.15, 0.2) is 0 Å². The minimum absolute atomic E-state index is 0.269. The monoisotopic (exact) mass is 193 g/mol. The molecule has 0 aliphatic carbocycles. The molecule has 2 nitrogen and oxygen atoms in total. The van der Waals surface area contributed by atoms with Crippen LogP contribution in [0.3, 0.4) is 0 Å². The van der Waals surface area contributed by atoms with E-state index >= 15 is 0 Å². The van der Waals surface area contributed by atoms with Crippen LogP contribution in [-0.2, 0) is 6.42 Å². The molecule has 0 radical (unpaired) electrons. The molecule has 14 heavy (non-hydrogen) atoms. The molecule has 0 fully saturated rings. The molecule has 1 rings (SSSR count). The molecule has 0 aliphatic heterocycles. The second-order valence-corrected chi connectivity index (χ2v) is 3.60. The molecular weight excluding hydrogens is 174 g/mol. The smallest absolute Gasteiger partial charge is 0.119 e. The van der Waals surface area contributed by atoms with Crippen LogP contribution in [-0.4, -0.2) is 12.6 Å². The van der Waals surface area contributed by atoms with Gasteiger partial charge in [-0.3, -0.25) is 0 Å². The predicted molar refractivity (Wildman–Crippen MR) is 59.6 cm³/mol. The fraction of sp³-hybridized carbons (Fsp3) is 0.500.